The van der Waals surface area contributed by atoms with Crippen LogP contribution in [-0.2, 0) is 6.54 Å². The first kappa shape index (κ1) is 15.6. The van der Waals surface area contributed by atoms with E-state index in [-0.39, 0.29) is 11.9 Å². The fraction of sp³-hybridized carbons (Fsp3) is 0.500. The molecular weight excluding hydrogens is 292 g/mol. The molecule has 1 aliphatic heterocycles. The largest absolute Gasteiger partial charge is 0.329 e. The first-order chi connectivity index (χ1) is 11.0. The normalized spacial score (nSPS) is 17.9. The molecule has 0 aliphatic carbocycles. The summed E-state index contributed by atoms with van der Waals surface area (Å²) in [6.07, 6.45) is 5.08. The standard InChI is InChI=1S/C16H22N6O/c1-11-8-18-14(9-17-11)16(23)22-6-4-5-15(22)13-7-12(19-20-13)10-21(2)3/h7-9,15H,4-6,10H2,1-3H3,(H,19,20). The number of aromatic nitrogens is 4. The number of hydrogen-bond acceptors (Lipinski definition) is 5. The van der Waals surface area contributed by atoms with Crippen LogP contribution in [0.25, 0.3) is 0 Å². The fourth-order valence-corrected chi connectivity index (χ4v) is 2.94. The maximum atomic E-state index is 12.7. The van der Waals surface area contributed by atoms with Crippen LogP contribution in [0.1, 0.15) is 46.5 Å². The monoisotopic (exact) mass is 314 g/mol. The van der Waals surface area contributed by atoms with Gasteiger partial charge in [0.25, 0.3) is 5.91 Å². The van der Waals surface area contributed by atoms with Gasteiger partial charge in [-0.15, -0.1) is 0 Å². The van der Waals surface area contributed by atoms with Crippen LogP contribution < -0.4 is 0 Å². The van der Waals surface area contributed by atoms with Crippen LogP contribution in [0.4, 0.5) is 0 Å². The van der Waals surface area contributed by atoms with E-state index in [1.807, 2.05) is 25.9 Å². The van der Waals surface area contributed by atoms with E-state index in [1.54, 1.807) is 12.4 Å². The topological polar surface area (TPSA) is 78.0 Å². The predicted molar refractivity (Wildman–Crippen MR) is 85.8 cm³/mol. The number of amides is 1. The first-order valence-corrected chi connectivity index (χ1v) is 7.83. The molecule has 3 heterocycles. The zero-order chi connectivity index (χ0) is 16.4. The third kappa shape index (κ3) is 3.39. The molecule has 122 valence electrons. The van der Waals surface area contributed by atoms with Crippen molar-refractivity contribution < 1.29 is 4.79 Å². The second-order valence-electron chi connectivity index (χ2n) is 6.26. The maximum absolute atomic E-state index is 12.7. The highest BCUT2D eigenvalue weighted by Gasteiger charge is 2.32. The van der Waals surface area contributed by atoms with E-state index in [9.17, 15) is 4.79 Å². The van der Waals surface area contributed by atoms with Gasteiger partial charge in [0.1, 0.15) is 5.69 Å². The summed E-state index contributed by atoms with van der Waals surface area (Å²) in [6.45, 7) is 3.39. The summed E-state index contributed by atoms with van der Waals surface area (Å²) in [5.74, 6) is -0.0721. The summed E-state index contributed by atoms with van der Waals surface area (Å²) in [4.78, 5) is 25.0. The highest BCUT2D eigenvalue weighted by atomic mass is 16.2. The average molecular weight is 314 g/mol. The summed E-state index contributed by atoms with van der Waals surface area (Å²) >= 11 is 0. The molecule has 3 rings (SSSR count). The van der Waals surface area contributed by atoms with E-state index in [4.69, 9.17) is 0 Å². The number of rotatable bonds is 4. The molecule has 1 unspecified atom stereocenters. The lowest BCUT2D eigenvalue weighted by molar-refractivity contribution is 0.0726. The van der Waals surface area contributed by atoms with Gasteiger partial charge in [-0.3, -0.25) is 14.9 Å². The van der Waals surface area contributed by atoms with Gasteiger partial charge >= 0.3 is 0 Å². The highest BCUT2D eigenvalue weighted by molar-refractivity contribution is 5.92. The van der Waals surface area contributed by atoms with Crippen LogP contribution in [0.5, 0.6) is 0 Å². The Labute approximate surface area is 135 Å². The van der Waals surface area contributed by atoms with Crippen molar-refractivity contribution in [2.24, 2.45) is 0 Å². The van der Waals surface area contributed by atoms with Gasteiger partial charge in [0.2, 0.25) is 0 Å². The molecule has 23 heavy (non-hydrogen) atoms. The van der Waals surface area contributed by atoms with Gasteiger partial charge in [0, 0.05) is 25.0 Å². The molecule has 1 saturated heterocycles. The van der Waals surface area contributed by atoms with Crippen molar-refractivity contribution in [3.63, 3.8) is 0 Å². The SMILES string of the molecule is Cc1cnc(C(=O)N2CCCC2c2cc(CN(C)C)[nH]n2)cn1. The number of likely N-dealkylation sites (tertiary alicyclic amines) is 1. The van der Waals surface area contributed by atoms with Gasteiger partial charge < -0.3 is 9.80 Å². The van der Waals surface area contributed by atoms with Crippen molar-refractivity contribution in [2.75, 3.05) is 20.6 Å². The Kier molecular flexibility index (Phi) is 4.38. The van der Waals surface area contributed by atoms with Crippen molar-refractivity contribution in [3.8, 4) is 0 Å². The number of carbonyl (C=O) groups is 1. The second-order valence-corrected chi connectivity index (χ2v) is 6.26. The molecule has 2 aromatic rings. The summed E-state index contributed by atoms with van der Waals surface area (Å²) < 4.78 is 0. The van der Waals surface area contributed by atoms with E-state index >= 15 is 0 Å². The molecule has 0 radical (unpaired) electrons. The molecule has 1 aliphatic rings. The van der Waals surface area contributed by atoms with Crippen molar-refractivity contribution >= 4 is 5.91 Å². The van der Waals surface area contributed by atoms with Crippen molar-refractivity contribution in [1.29, 1.82) is 0 Å². The lowest BCUT2D eigenvalue weighted by Gasteiger charge is -2.22. The average Bonchev–Trinajstić information content (AvgIpc) is 3.15. The Bertz CT molecular complexity index is 678. The number of aryl methyl sites for hydroxylation is 1. The van der Waals surface area contributed by atoms with Gasteiger partial charge in [0.05, 0.1) is 23.6 Å². The van der Waals surface area contributed by atoms with E-state index in [0.29, 0.717) is 5.69 Å². The Morgan fingerprint density at radius 1 is 1.39 bits per heavy atom. The number of nitrogens with one attached hydrogen (secondary N) is 1. The predicted octanol–water partition coefficient (Wildman–Crippen LogP) is 1.55. The van der Waals surface area contributed by atoms with Gasteiger partial charge in [-0.25, -0.2) is 4.98 Å². The lowest BCUT2D eigenvalue weighted by atomic mass is 10.1. The molecule has 1 amide bonds. The number of hydrogen-bond donors (Lipinski definition) is 1. The van der Waals surface area contributed by atoms with Gasteiger partial charge in [0.15, 0.2) is 0 Å². The quantitative estimate of drug-likeness (QED) is 0.926. The third-order valence-electron chi connectivity index (χ3n) is 3.99. The van der Waals surface area contributed by atoms with Gasteiger partial charge in [-0.1, -0.05) is 0 Å². The molecule has 7 nitrogen and oxygen atoms in total. The molecule has 7 heteroatoms. The van der Waals surface area contributed by atoms with Crippen molar-refractivity contribution in [2.45, 2.75) is 32.4 Å². The first-order valence-electron chi connectivity index (χ1n) is 7.83. The summed E-state index contributed by atoms with van der Waals surface area (Å²) in [5, 5.41) is 7.47. The Hall–Kier alpha value is -2.28. The molecule has 0 bridgehead atoms. The van der Waals surface area contributed by atoms with Crippen LogP contribution in [-0.4, -0.2) is 56.5 Å². The molecule has 1 N–H and O–H groups in total. The molecule has 0 aromatic carbocycles. The number of aromatic amines is 1. The summed E-state index contributed by atoms with van der Waals surface area (Å²) in [6, 6.07) is 2.06. The fourth-order valence-electron chi connectivity index (χ4n) is 2.94. The number of nitrogens with zero attached hydrogens (tertiary/aromatic N) is 5. The minimum atomic E-state index is -0.0721. The number of carbonyl (C=O) groups excluding carboxylic acids is 1. The molecule has 2 aromatic heterocycles. The third-order valence-corrected chi connectivity index (χ3v) is 3.99. The van der Waals surface area contributed by atoms with Crippen molar-refractivity contribution in [3.05, 3.63) is 41.2 Å². The Morgan fingerprint density at radius 3 is 2.91 bits per heavy atom. The van der Waals surface area contributed by atoms with Crippen LogP contribution in [0, 0.1) is 6.92 Å². The van der Waals surface area contributed by atoms with Crippen LogP contribution >= 0.6 is 0 Å². The zero-order valence-electron chi connectivity index (χ0n) is 13.8. The smallest absolute Gasteiger partial charge is 0.274 e. The molecule has 1 fully saturated rings. The molecule has 0 saturated carbocycles. The number of H-pyrrole nitrogens is 1. The van der Waals surface area contributed by atoms with Crippen LogP contribution in [0.3, 0.4) is 0 Å². The minimum Gasteiger partial charge on any atom is -0.329 e. The minimum absolute atomic E-state index is 0.0118. The molecular formula is C16H22N6O. The van der Waals surface area contributed by atoms with Crippen LogP contribution in [0.15, 0.2) is 18.5 Å². The van der Waals surface area contributed by atoms with Crippen LogP contribution in [0.2, 0.25) is 0 Å². The molecule has 0 spiro atoms. The Morgan fingerprint density at radius 2 is 2.22 bits per heavy atom. The van der Waals surface area contributed by atoms with E-state index in [0.717, 1.165) is 43.0 Å². The van der Waals surface area contributed by atoms with Crippen molar-refractivity contribution in [1.82, 2.24) is 30.0 Å². The molecule has 1 atom stereocenters. The van der Waals surface area contributed by atoms with E-state index in [2.05, 4.69) is 31.1 Å². The Balaban J connectivity index is 1.78. The van der Waals surface area contributed by atoms with E-state index in [1.165, 1.54) is 0 Å². The highest BCUT2D eigenvalue weighted by Crippen LogP contribution is 2.32. The van der Waals surface area contributed by atoms with Gasteiger partial charge in [-0.05, 0) is 39.9 Å². The summed E-state index contributed by atoms with van der Waals surface area (Å²) in [7, 11) is 4.03. The van der Waals surface area contributed by atoms with E-state index < -0.39 is 0 Å². The zero-order valence-corrected chi connectivity index (χ0v) is 13.8. The second kappa shape index (κ2) is 6.45. The van der Waals surface area contributed by atoms with Gasteiger partial charge in [-0.2, -0.15) is 5.10 Å². The summed E-state index contributed by atoms with van der Waals surface area (Å²) in [5.41, 5.74) is 3.18. The maximum Gasteiger partial charge on any atom is 0.274 e. The lowest BCUT2D eigenvalue weighted by Crippen LogP contribution is -2.31.